The van der Waals surface area contributed by atoms with Crippen LogP contribution in [0.1, 0.15) is 16.8 Å². The third kappa shape index (κ3) is 5.21. The molecule has 1 saturated heterocycles. The van der Waals surface area contributed by atoms with E-state index in [1.54, 1.807) is 7.05 Å². The number of rotatable bonds is 7. The molecule has 32 heavy (non-hydrogen) atoms. The van der Waals surface area contributed by atoms with Gasteiger partial charge in [0.05, 0.1) is 23.4 Å². The van der Waals surface area contributed by atoms with Crippen LogP contribution >= 0.6 is 24.0 Å². The molecule has 1 fully saturated rings. The standard InChI is InChI=1S/C24H29ClN4O2.ClH/c1-26(31-2)24(30)20-18-29(22-10-5-3-8-19(20)22)13-7-12-27-14-16-28(17-15-27)23-11-6-4-9-21(23)25;/h3-6,8-11,18H,7,12-17H2,1-2H3;1H. The maximum absolute atomic E-state index is 12.7. The molecule has 6 nitrogen and oxygen atoms in total. The van der Waals surface area contributed by atoms with Gasteiger partial charge in [-0.15, -0.1) is 12.4 Å². The highest BCUT2D eigenvalue weighted by molar-refractivity contribution is 6.33. The quantitative estimate of drug-likeness (QED) is 0.468. The van der Waals surface area contributed by atoms with Crippen molar-refractivity contribution >= 4 is 46.5 Å². The van der Waals surface area contributed by atoms with Gasteiger partial charge >= 0.3 is 0 Å². The molecular weight excluding hydrogens is 447 g/mol. The zero-order valence-electron chi connectivity index (χ0n) is 18.5. The van der Waals surface area contributed by atoms with E-state index in [1.165, 1.54) is 12.2 Å². The van der Waals surface area contributed by atoms with Crippen molar-refractivity contribution in [1.82, 2.24) is 14.5 Å². The molecule has 0 aliphatic carbocycles. The van der Waals surface area contributed by atoms with Crippen molar-refractivity contribution in [3.05, 3.63) is 65.3 Å². The highest BCUT2D eigenvalue weighted by Crippen LogP contribution is 2.26. The lowest BCUT2D eigenvalue weighted by atomic mass is 10.1. The molecule has 1 aliphatic heterocycles. The smallest absolute Gasteiger partial charge is 0.279 e. The van der Waals surface area contributed by atoms with Crippen LogP contribution in [0, 0.1) is 0 Å². The van der Waals surface area contributed by atoms with Gasteiger partial charge in [0.15, 0.2) is 0 Å². The molecule has 0 N–H and O–H groups in total. The van der Waals surface area contributed by atoms with E-state index in [0.717, 1.165) is 67.3 Å². The van der Waals surface area contributed by atoms with Crippen LogP contribution in [0.15, 0.2) is 54.7 Å². The number of halogens is 2. The summed E-state index contributed by atoms with van der Waals surface area (Å²) >= 11 is 6.35. The maximum atomic E-state index is 12.7. The number of hydroxylamine groups is 2. The Morgan fingerprint density at radius 3 is 2.44 bits per heavy atom. The van der Waals surface area contributed by atoms with Gasteiger partial charge < -0.3 is 9.47 Å². The van der Waals surface area contributed by atoms with Crippen molar-refractivity contribution in [3.8, 4) is 0 Å². The largest absolute Gasteiger partial charge is 0.368 e. The fraction of sp³-hybridized carbons (Fsp3) is 0.375. The van der Waals surface area contributed by atoms with Crippen molar-refractivity contribution < 1.29 is 9.63 Å². The number of benzene rings is 2. The van der Waals surface area contributed by atoms with Crippen LogP contribution < -0.4 is 4.90 Å². The first-order valence-electron chi connectivity index (χ1n) is 10.7. The fourth-order valence-corrected chi connectivity index (χ4v) is 4.50. The van der Waals surface area contributed by atoms with Crippen LogP contribution in [-0.4, -0.2) is 67.3 Å². The van der Waals surface area contributed by atoms with Crippen molar-refractivity contribution in [3.63, 3.8) is 0 Å². The van der Waals surface area contributed by atoms with Crippen LogP contribution in [0.25, 0.3) is 10.9 Å². The Labute approximate surface area is 200 Å². The lowest BCUT2D eigenvalue weighted by molar-refractivity contribution is -0.0755. The van der Waals surface area contributed by atoms with Gasteiger partial charge in [-0.05, 0) is 31.2 Å². The molecule has 2 aromatic carbocycles. The number of carbonyl (C=O) groups excluding carboxylic acids is 1. The molecule has 1 amide bonds. The summed E-state index contributed by atoms with van der Waals surface area (Å²) < 4.78 is 2.19. The van der Waals surface area contributed by atoms with E-state index in [9.17, 15) is 4.79 Å². The van der Waals surface area contributed by atoms with Crippen LogP contribution in [0.4, 0.5) is 5.69 Å². The van der Waals surface area contributed by atoms with E-state index < -0.39 is 0 Å². The minimum Gasteiger partial charge on any atom is -0.368 e. The molecule has 0 unspecified atom stereocenters. The maximum Gasteiger partial charge on any atom is 0.279 e. The molecule has 0 atom stereocenters. The Kier molecular flexibility index (Phi) is 8.43. The third-order valence-electron chi connectivity index (χ3n) is 6.02. The molecule has 1 aliphatic rings. The van der Waals surface area contributed by atoms with Crippen LogP contribution in [0.5, 0.6) is 0 Å². The number of para-hydroxylation sites is 2. The molecule has 1 aromatic heterocycles. The molecule has 0 saturated carbocycles. The van der Waals surface area contributed by atoms with Crippen LogP contribution in [0.2, 0.25) is 5.02 Å². The van der Waals surface area contributed by atoms with E-state index in [4.69, 9.17) is 16.4 Å². The summed E-state index contributed by atoms with van der Waals surface area (Å²) in [6, 6.07) is 16.1. The molecule has 8 heteroatoms. The number of anilines is 1. The van der Waals surface area contributed by atoms with Gasteiger partial charge in [0, 0.05) is 56.9 Å². The number of aryl methyl sites for hydroxylation is 1. The second kappa shape index (κ2) is 11.1. The topological polar surface area (TPSA) is 41.0 Å². The number of carbonyl (C=O) groups is 1. The molecule has 4 rings (SSSR count). The van der Waals surface area contributed by atoms with E-state index in [0.29, 0.717) is 5.56 Å². The molecule has 0 radical (unpaired) electrons. The lowest BCUT2D eigenvalue weighted by Crippen LogP contribution is -2.46. The summed E-state index contributed by atoms with van der Waals surface area (Å²) in [5, 5.41) is 3.05. The summed E-state index contributed by atoms with van der Waals surface area (Å²) in [4.78, 5) is 22.6. The van der Waals surface area contributed by atoms with Gasteiger partial charge in [-0.1, -0.05) is 41.9 Å². The summed E-state index contributed by atoms with van der Waals surface area (Å²) in [5.74, 6) is -0.131. The Hall–Kier alpha value is -2.25. The summed E-state index contributed by atoms with van der Waals surface area (Å²) in [5.41, 5.74) is 2.88. The average Bonchev–Trinajstić information content (AvgIpc) is 3.17. The Balaban J connectivity index is 0.00000289. The SMILES string of the molecule is CON(C)C(=O)c1cn(CCCN2CCN(c3ccccc3Cl)CC2)c2ccccc12.Cl. The van der Waals surface area contributed by atoms with E-state index in [2.05, 4.69) is 26.5 Å². The van der Waals surface area contributed by atoms with Crippen molar-refractivity contribution in [2.45, 2.75) is 13.0 Å². The van der Waals surface area contributed by atoms with Crippen molar-refractivity contribution in [2.24, 2.45) is 0 Å². The predicted octanol–water partition coefficient (Wildman–Crippen LogP) is 4.56. The first-order chi connectivity index (χ1) is 15.1. The first-order valence-corrected chi connectivity index (χ1v) is 11.1. The van der Waals surface area contributed by atoms with Crippen molar-refractivity contribution in [2.75, 3.05) is 51.8 Å². The summed E-state index contributed by atoms with van der Waals surface area (Å²) in [7, 11) is 3.14. The van der Waals surface area contributed by atoms with Crippen molar-refractivity contribution in [1.29, 1.82) is 0 Å². The van der Waals surface area contributed by atoms with Gasteiger partial charge in [-0.2, -0.15) is 0 Å². The minimum absolute atomic E-state index is 0. The van der Waals surface area contributed by atoms with Crippen LogP contribution in [-0.2, 0) is 11.4 Å². The Bertz CT molecular complexity index is 1050. The number of amides is 1. The van der Waals surface area contributed by atoms with E-state index >= 15 is 0 Å². The highest BCUT2D eigenvalue weighted by Gasteiger charge is 2.20. The molecule has 0 bridgehead atoms. The third-order valence-corrected chi connectivity index (χ3v) is 6.34. The zero-order chi connectivity index (χ0) is 21.8. The van der Waals surface area contributed by atoms with Gasteiger partial charge in [0.1, 0.15) is 0 Å². The number of hydrogen-bond donors (Lipinski definition) is 0. The lowest BCUT2D eigenvalue weighted by Gasteiger charge is -2.36. The number of fused-ring (bicyclic) bond motifs is 1. The minimum atomic E-state index is -0.131. The first kappa shape index (κ1) is 24.4. The Morgan fingerprint density at radius 1 is 1.03 bits per heavy atom. The Morgan fingerprint density at radius 2 is 1.72 bits per heavy atom. The highest BCUT2D eigenvalue weighted by atomic mass is 35.5. The molecular formula is C24H30Cl2N4O2. The summed E-state index contributed by atoms with van der Waals surface area (Å²) in [6.45, 7) is 5.93. The van der Waals surface area contributed by atoms with Gasteiger partial charge in [-0.25, -0.2) is 5.06 Å². The fourth-order valence-electron chi connectivity index (χ4n) is 4.24. The molecule has 2 heterocycles. The predicted molar refractivity (Wildman–Crippen MR) is 133 cm³/mol. The van der Waals surface area contributed by atoms with E-state index in [-0.39, 0.29) is 18.3 Å². The van der Waals surface area contributed by atoms with Gasteiger partial charge in [0.2, 0.25) is 0 Å². The zero-order valence-corrected chi connectivity index (χ0v) is 20.1. The van der Waals surface area contributed by atoms with Gasteiger partial charge in [0.25, 0.3) is 5.91 Å². The molecule has 172 valence electrons. The monoisotopic (exact) mass is 476 g/mol. The second-order valence-electron chi connectivity index (χ2n) is 7.87. The number of nitrogens with zero attached hydrogens (tertiary/aromatic N) is 4. The average molecular weight is 477 g/mol. The summed E-state index contributed by atoms with van der Waals surface area (Å²) in [6.07, 6.45) is 2.98. The number of piperazine rings is 1. The number of aromatic nitrogens is 1. The van der Waals surface area contributed by atoms with Crippen LogP contribution in [0.3, 0.4) is 0 Å². The molecule has 0 spiro atoms. The second-order valence-corrected chi connectivity index (χ2v) is 8.28. The normalized spacial score (nSPS) is 14.4. The van der Waals surface area contributed by atoms with Gasteiger partial charge in [-0.3, -0.25) is 14.5 Å². The number of hydrogen-bond acceptors (Lipinski definition) is 4. The van der Waals surface area contributed by atoms with E-state index in [1.807, 2.05) is 42.6 Å². The molecule has 3 aromatic rings.